The lowest BCUT2D eigenvalue weighted by Crippen LogP contribution is -2.16. The number of allylic oxidation sites excluding steroid dienone is 5. The van der Waals surface area contributed by atoms with Gasteiger partial charge in [0.05, 0.1) is 11.0 Å². The van der Waals surface area contributed by atoms with Gasteiger partial charge in [-0.3, -0.25) is 4.99 Å². The molecule has 244 valence electrons. The summed E-state index contributed by atoms with van der Waals surface area (Å²) in [6, 6.07) is 37.6. The van der Waals surface area contributed by atoms with Crippen LogP contribution in [0.1, 0.15) is 48.1 Å². The summed E-state index contributed by atoms with van der Waals surface area (Å²) in [4.78, 5) is 13.6. The Kier molecular flexibility index (Phi) is 8.31. The number of benzene rings is 5. The van der Waals surface area contributed by atoms with Gasteiger partial charge in [0.1, 0.15) is 5.84 Å². The van der Waals surface area contributed by atoms with Crippen LogP contribution in [-0.2, 0) is 0 Å². The number of rotatable bonds is 8. The fraction of sp³-hybridized carbons (Fsp3) is 0.111. The Balaban J connectivity index is 1.14. The first-order valence-electron chi connectivity index (χ1n) is 17.3. The van der Waals surface area contributed by atoms with E-state index in [0.29, 0.717) is 24.1 Å². The fourth-order valence-corrected chi connectivity index (χ4v) is 7.24. The number of aliphatic imine (C=N–C) groups is 2. The summed E-state index contributed by atoms with van der Waals surface area (Å²) in [5, 5.41) is 6.02. The van der Waals surface area contributed by atoms with Crippen molar-refractivity contribution in [2.45, 2.75) is 25.7 Å². The van der Waals surface area contributed by atoms with E-state index in [1.165, 1.54) is 38.3 Å². The first-order valence-corrected chi connectivity index (χ1v) is 17.3. The monoisotopic (exact) mass is 649 g/mol. The fourth-order valence-electron chi connectivity index (χ4n) is 7.24. The minimum Gasteiger partial charge on any atom is -0.383 e. The Hall–Kier alpha value is -6.20. The summed E-state index contributed by atoms with van der Waals surface area (Å²) in [5.74, 6) is 1.44. The van der Waals surface area contributed by atoms with Gasteiger partial charge in [-0.25, -0.2) is 4.99 Å². The number of para-hydroxylation sites is 1. The van der Waals surface area contributed by atoms with Crippen molar-refractivity contribution in [3.8, 4) is 0 Å². The van der Waals surface area contributed by atoms with Crippen molar-refractivity contribution in [3.63, 3.8) is 0 Å². The van der Waals surface area contributed by atoms with Crippen molar-refractivity contribution in [1.82, 2.24) is 9.55 Å². The average Bonchev–Trinajstić information content (AvgIpc) is 3.71. The van der Waals surface area contributed by atoms with Crippen molar-refractivity contribution in [2.24, 2.45) is 15.7 Å². The number of nitrogens with one attached hydrogen (secondary N) is 1. The lowest BCUT2D eigenvalue weighted by molar-refractivity contribution is 0.728. The molecule has 1 unspecified atom stereocenters. The second-order valence-corrected chi connectivity index (χ2v) is 12.9. The van der Waals surface area contributed by atoms with Crippen LogP contribution in [0, 0.1) is 0 Å². The van der Waals surface area contributed by atoms with Crippen LogP contribution in [0.4, 0.5) is 0 Å². The maximum absolute atomic E-state index is 6.59. The minimum atomic E-state index is 0.368. The topological polar surface area (TPSA) is 71.5 Å². The van der Waals surface area contributed by atoms with E-state index < -0.39 is 0 Å². The number of hydrogen-bond donors (Lipinski definition) is 2. The van der Waals surface area contributed by atoms with Gasteiger partial charge in [-0.15, -0.1) is 0 Å². The largest absolute Gasteiger partial charge is 0.383 e. The summed E-state index contributed by atoms with van der Waals surface area (Å²) in [6.07, 6.45) is 14.7. The number of fused-ring (bicyclic) bond motifs is 8. The van der Waals surface area contributed by atoms with Gasteiger partial charge in [-0.05, 0) is 47.9 Å². The highest BCUT2D eigenvalue weighted by molar-refractivity contribution is 6.18. The number of nitrogens with zero attached hydrogens (tertiary/aromatic N) is 3. The molecule has 5 nitrogen and oxygen atoms in total. The van der Waals surface area contributed by atoms with Crippen LogP contribution < -0.4 is 5.73 Å². The molecule has 1 atom stereocenters. The molecular formula is C45H39N5. The zero-order valence-corrected chi connectivity index (χ0v) is 28.2. The molecule has 0 radical (unpaired) electrons. The molecule has 0 fully saturated rings. The Morgan fingerprint density at radius 2 is 1.66 bits per heavy atom. The molecular weight excluding hydrogens is 611 g/mol. The number of amidine groups is 2. The minimum absolute atomic E-state index is 0.368. The van der Waals surface area contributed by atoms with E-state index >= 15 is 0 Å². The van der Waals surface area contributed by atoms with Gasteiger partial charge in [0.15, 0.2) is 5.84 Å². The molecule has 3 N–H and O–H groups in total. The van der Waals surface area contributed by atoms with Gasteiger partial charge in [-0.2, -0.15) is 0 Å². The SMILES string of the molecule is C=C/C=C(\C=C/CC/N=C(\N=C(/N)c1ccc2ccccc2c1)c1ccccc1)n1c2c(c3ccc4c5ccccc5[nH]c4c31)C=CCC2C. The van der Waals surface area contributed by atoms with E-state index in [4.69, 9.17) is 15.7 Å². The Bertz CT molecular complexity index is 2550. The van der Waals surface area contributed by atoms with Gasteiger partial charge in [-0.1, -0.05) is 135 Å². The first-order chi connectivity index (χ1) is 24.6. The molecule has 50 heavy (non-hydrogen) atoms. The standard InChI is InChI=1S/C45H39N5/c1-3-14-35(50-42-30(2)15-13-22-38(42)39-27-26-37-36-21-9-10-23-40(36)48-41(37)43(39)50)20-11-12-28-47-45(32-17-5-4-6-18-32)49-44(46)34-25-24-31-16-7-8-19-33(31)29-34/h3-11,13-14,16-27,29-30,48H,1,12,15,28H2,2H3,(H2,46,47,49)/b20-11-,35-14+. The van der Waals surface area contributed by atoms with E-state index in [-0.39, 0.29) is 0 Å². The summed E-state index contributed by atoms with van der Waals surface area (Å²) >= 11 is 0. The highest BCUT2D eigenvalue weighted by Crippen LogP contribution is 2.43. The van der Waals surface area contributed by atoms with Crippen LogP contribution in [0.15, 0.2) is 156 Å². The van der Waals surface area contributed by atoms with Gasteiger partial charge < -0.3 is 15.3 Å². The van der Waals surface area contributed by atoms with E-state index in [1.807, 2.05) is 54.6 Å². The molecule has 0 saturated heterocycles. The Morgan fingerprint density at radius 3 is 2.52 bits per heavy atom. The normalized spacial score (nSPS) is 15.5. The zero-order valence-electron chi connectivity index (χ0n) is 28.2. The second kappa shape index (κ2) is 13.4. The smallest absolute Gasteiger partial charge is 0.157 e. The summed E-state index contributed by atoms with van der Waals surface area (Å²) < 4.78 is 2.45. The molecule has 8 rings (SSSR count). The number of aromatic amines is 1. The number of aromatic nitrogens is 2. The molecule has 2 aromatic heterocycles. The van der Waals surface area contributed by atoms with Gasteiger partial charge >= 0.3 is 0 Å². The predicted molar refractivity (Wildman–Crippen MR) is 214 cm³/mol. The molecule has 0 amide bonds. The molecule has 1 aliphatic rings. The summed E-state index contributed by atoms with van der Waals surface area (Å²) in [5.41, 5.74) is 15.6. The quantitative estimate of drug-likeness (QED) is 0.0731. The molecule has 2 heterocycles. The van der Waals surface area contributed by atoms with Crippen LogP contribution in [0.3, 0.4) is 0 Å². The lowest BCUT2D eigenvalue weighted by Gasteiger charge is -2.20. The third-order valence-electron chi connectivity index (χ3n) is 9.62. The van der Waals surface area contributed by atoms with Crippen molar-refractivity contribution >= 4 is 66.9 Å². The molecule has 5 aromatic carbocycles. The van der Waals surface area contributed by atoms with Gasteiger partial charge in [0.25, 0.3) is 0 Å². The third-order valence-corrected chi connectivity index (χ3v) is 9.62. The van der Waals surface area contributed by atoms with Crippen molar-refractivity contribution in [3.05, 3.63) is 169 Å². The van der Waals surface area contributed by atoms with Crippen LogP contribution in [0.25, 0.3) is 55.3 Å². The highest BCUT2D eigenvalue weighted by Gasteiger charge is 2.25. The third kappa shape index (κ3) is 5.67. The number of hydrogen-bond acceptors (Lipinski definition) is 1. The number of nitrogens with two attached hydrogens (primary N) is 1. The lowest BCUT2D eigenvalue weighted by atomic mass is 9.93. The summed E-state index contributed by atoms with van der Waals surface area (Å²) in [6.45, 7) is 6.98. The average molecular weight is 650 g/mol. The van der Waals surface area contributed by atoms with E-state index in [1.54, 1.807) is 0 Å². The molecule has 0 saturated carbocycles. The van der Waals surface area contributed by atoms with Crippen molar-refractivity contribution in [1.29, 1.82) is 0 Å². The van der Waals surface area contributed by atoms with Crippen LogP contribution >= 0.6 is 0 Å². The van der Waals surface area contributed by atoms with Crippen molar-refractivity contribution < 1.29 is 0 Å². The Labute approximate surface area is 292 Å². The first kappa shape index (κ1) is 31.1. The van der Waals surface area contributed by atoms with E-state index in [9.17, 15) is 0 Å². The van der Waals surface area contributed by atoms with Crippen LogP contribution in [0.2, 0.25) is 0 Å². The molecule has 0 aliphatic heterocycles. The molecule has 0 bridgehead atoms. The predicted octanol–water partition coefficient (Wildman–Crippen LogP) is 10.8. The zero-order chi connectivity index (χ0) is 34.0. The summed E-state index contributed by atoms with van der Waals surface area (Å²) in [7, 11) is 0. The van der Waals surface area contributed by atoms with E-state index in [0.717, 1.165) is 46.1 Å². The van der Waals surface area contributed by atoms with Crippen LogP contribution in [-0.4, -0.2) is 27.8 Å². The molecule has 0 spiro atoms. The highest BCUT2D eigenvalue weighted by atomic mass is 15.0. The Morgan fingerprint density at radius 1 is 0.880 bits per heavy atom. The van der Waals surface area contributed by atoms with Gasteiger partial charge in [0, 0.05) is 62.2 Å². The van der Waals surface area contributed by atoms with Crippen LogP contribution in [0.5, 0.6) is 0 Å². The maximum atomic E-state index is 6.59. The van der Waals surface area contributed by atoms with E-state index in [2.05, 4.69) is 114 Å². The van der Waals surface area contributed by atoms with Crippen molar-refractivity contribution in [2.75, 3.05) is 6.54 Å². The second-order valence-electron chi connectivity index (χ2n) is 12.9. The molecule has 1 aliphatic carbocycles. The number of H-pyrrole nitrogens is 1. The molecule has 7 aromatic rings. The van der Waals surface area contributed by atoms with Gasteiger partial charge in [0.2, 0.25) is 0 Å². The maximum Gasteiger partial charge on any atom is 0.157 e. The molecule has 5 heteroatoms.